The first-order valence-electron chi connectivity index (χ1n) is 10.1. The molecule has 30 heavy (non-hydrogen) atoms. The van der Waals surface area contributed by atoms with E-state index in [2.05, 4.69) is 5.32 Å². The summed E-state index contributed by atoms with van der Waals surface area (Å²) in [4.78, 5) is 29.1. The summed E-state index contributed by atoms with van der Waals surface area (Å²) in [5.74, 6) is 0.0564. The van der Waals surface area contributed by atoms with Crippen LogP contribution in [-0.4, -0.2) is 47.4 Å². The van der Waals surface area contributed by atoms with Gasteiger partial charge in [-0.25, -0.2) is 0 Å². The third-order valence-electron chi connectivity index (χ3n) is 5.16. The third-order valence-corrected chi connectivity index (χ3v) is 5.16. The summed E-state index contributed by atoms with van der Waals surface area (Å²) >= 11 is 0. The molecule has 0 aromatic heterocycles. The van der Waals surface area contributed by atoms with Crippen molar-refractivity contribution in [1.82, 2.24) is 9.80 Å². The molecule has 3 rings (SSSR count). The SMILES string of the molecule is CC(C)c1cc(C(=O)N2Cc3cccc(NC(=O)/C=C/CN(C)C)c3C2)ccc1O. The van der Waals surface area contributed by atoms with Crippen molar-refractivity contribution in [2.45, 2.75) is 32.9 Å². The normalized spacial score (nSPS) is 13.3. The van der Waals surface area contributed by atoms with Crippen molar-refractivity contribution in [2.75, 3.05) is 26.0 Å². The van der Waals surface area contributed by atoms with Crippen molar-refractivity contribution in [1.29, 1.82) is 0 Å². The zero-order valence-electron chi connectivity index (χ0n) is 18.0. The molecule has 0 radical (unpaired) electrons. The van der Waals surface area contributed by atoms with E-state index in [1.54, 1.807) is 23.1 Å². The molecule has 2 N–H and O–H groups in total. The highest BCUT2D eigenvalue weighted by atomic mass is 16.3. The molecule has 1 heterocycles. The number of phenols is 1. The Morgan fingerprint density at radius 1 is 1.20 bits per heavy atom. The molecule has 2 aromatic rings. The van der Waals surface area contributed by atoms with E-state index in [9.17, 15) is 14.7 Å². The monoisotopic (exact) mass is 407 g/mol. The highest BCUT2D eigenvalue weighted by Crippen LogP contribution is 2.32. The van der Waals surface area contributed by atoms with Gasteiger partial charge in [-0.1, -0.05) is 32.1 Å². The smallest absolute Gasteiger partial charge is 0.254 e. The minimum atomic E-state index is -0.185. The number of aromatic hydroxyl groups is 1. The molecule has 0 spiro atoms. The Balaban J connectivity index is 1.75. The molecule has 0 unspecified atom stereocenters. The Hall–Kier alpha value is -3.12. The van der Waals surface area contributed by atoms with Crippen LogP contribution in [0.3, 0.4) is 0 Å². The Labute approximate surface area is 177 Å². The number of carbonyl (C=O) groups excluding carboxylic acids is 2. The van der Waals surface area contributed by atoms with Crippen LogP contribution in [0, 0.1) is 0 Å². The van der Waals surface area contributed by atoms with Crippen molar-refractivity contribution < 1.29 is 14.7 Å². The van der Waals surface area contributed by atoms with E-state index < -0.39 is 0 Å². The molecule has 6 nitrogen and oxygen atoms in total. The summed E-state index contributed by atoms with van der Waals surface area (Å²) in [6.45, 7) is 5.58. The van der Waals surface area contributed by atoms with Crippen LogP contribution in [-0.2, 0) is 17.9 Å². The second kappa shape index (κ2) is 9.13. The summed E-state index contributed by atoms with van der Waals surface area (Å²) < 4.78 is 0. The van der Waals surface area contributed by atoms with Crippen LogP contribution in [0.2, 0.25) is 0 Å². The molecule has 0 atom stereocenters. The van der Waals surface area contributed by atoms with E-state index in [1.165, 1.54) is 6.08 Å². The topological polar surface area (TPSA) is 72.9 Å². The number of carbonyl (C=O) groups is 2. The lowest BCUT2D eigenvalue weighted by atomic mass is 9.99. The van der Waals surface area contributed by atoms with Crippen LogP contribution < -0.4 is 5.32 Å². The third kappa shape index (κ3) is 4.89. The first-order chi connectivity index (χ1) is 14.3. The highest BCUT2D eigenvalue weighted by Gasteiger charge is 2.27. The number of nitrogens with zero attached hydrogens (tertiary/aromatic N) is 2. The van der Waals surface area contributed by atoms with Crippen molar-refractivity contribution in [2.24, 2.45) is 0 Å². The fraction of sp³-hybridized carbons (Fsp3) is 0.333. The van der Waals surface area contributed by atoms with Gasteiger partial charge in [0.25, 0.3) is 5.91 Å². The van der Waals surface area contributed by atoms with E-state index in [-0.39, 0.29) is 23.5 Å². The molecule has 158 valence electrons. The maximum absolute atomic E-state index is 13.1. The van der Waals surface area contributed by atoms with Gasteiger partial charge in [0, 0.05) is 42.5 Å². The van der Waals surface area contributed by atoms with Gasteiger partial charge in [0.05, 0.1) is 0 Å². The average Bonchev–Trinajstić information content (AvgIpc) is 3.12. The lowest BCUT2D eigenvalue weighted by molar-refractivity contribution is -0.111. The second-order valence-corrected chi connectivity index (χ2v) is 8.19. The number of anilines is 1. The summed E-state index contributed by atoms with van der Waals surface area (Å²) in [7, 11) is 3.88. The fourth-order valence-electron chi connectivity index (χ4n) is 3.56. The van der Waals surface area contributed by atoms with Crippen molar-refractivity contribution in [3.8, 4) is 5.75 Å². The zero-order valence-corrected chi connectivity index (χ0v) is 18.0. The van der Waals surface area contributed by atoms with Gasteiger partial charge in [-0.05, 0) is 55.4 Å². The molecular weight excluding hydrogens is 378 g/mol. The highest BCUT2D eigenvalue weighted by molar-refractivity contribution is 6.00. The summed E-state index contributed by atoms with van der Waals surface area (Å²) in [5.41, 5.74) is 4.04. The number of rotatable bonds is 6. The summed E-state index contributed by atoms with van der Waals surface area (Å²) in [5, 5.41) is 13.0. The lowest BCUT2D eigenvalue weighted by Gasteiger charge is -2.17. The number of likely N-dealkylation sites (N-methyl/N-ethyl adjacent to an activating group) is 1. The standard InChI is InChI=1S/C24H29N3O3/c1-16(2)19-13-17(10-11-22(19)28)24(30)27-14-18-7-5-8-21(20(18)15-27)25-23(29)9-6-12-26(3)4/h5-11,13,16,28H,12,14-15H2,1-4H3,(H,25,29)/b9-6+. The second-order valence-electron chi connectivity index (χ2n) is 8.19. The number of benzene rings is 2. The molecule has 2 aromatic carbocycles. The van der Waals surface area contributed by atoms with E-state index >= 15 is 0 Å². The number of hydrogen-bond donors (Lipinski definition) is 2. The van der Waals surface area contributed by atoms with Crippen LogP contribution in [0.5, 0.6) is 5.75 Å². The Bertz CT molecular complexity index is 980. The molecule has 2 amide bonds. The number of fused-ring (bicyclic) bond motifs is 1. The predicted octanol–water partition coefficient (Wildman–Crippen LogP) is 3.73. The van der Waals surface area contributed by atoms with E-state index in [4.69, 9.17) is 0 Å². The molecular formula is C24H29N3O3. The largest absolute Gasteiger partial charge is 0.508 e. The minimum Gasteiger partial charge on any atom is -0.508 e. The zero-order chi connectivity index (χ0) is 21.8. The number of nitrogens with one attached hydrogen (secondary N) is 1. The van der Waals surface area contributed by atoms with Crippen molar-refractivity contribution in [3.05, 3.63) is 70.8 Å². The summed E-state index contributed by atoms with van der Waals surface area (Å²) in [6, 6.07) is 10.7. The van der Waals surface area contributed by atoms with Crippen LogP contribution in [0.4, 0.5) is 5.69 Å². The molecule has 0 saturated heterocycles. The first-order valence-corrected chi connectivity index (χ1v) is 10.1. The number of hydrogen-bond acceptors (Lipinski definition) is 4. The summed E-state index contributed by atoms with van der Waals surface area (Å²) in [6.07, 6.45) is 3.34. The van der Waals surface area contributed by atoms with Gasteiger partial charge in [-0.2, -0.15) is 0 Å². The van der Waals surface area contributed by atoms with E-state index in [0.717, 1.165) is 22.4 Å². The van der Waals surface area contributed by atoms with E-state index in [1.807, 2.05) is 57.1 Å². The fourth-order valence-corrected chi connectivity index (χ4v) is 3.56. The molecule has 6 heteroatoms. The molecule has 0 fully saturated rings. The van der Waals surface area contributed by atoms with Gasteiger partial charge in [0.2, 0.25) is 5.91 Å². The Morgan fingerprint density at radius 2 is 1.97 bits per heavy atom. The van der Waals surface area contributed by atoms with Gasteiger partial charge in [0.1, 0.15) is 5.75 Å². The van der Waals surface area contributed by atoms with Gasteiger partial charge in [0.15, 0.2) is 0 Å². The van der Waals surface area contributed by atoms with Crippen LogP contribution in [0.25, 0.3) is 0 Å². The van der Waals surface area contributed by atoms with Crippen LogP contribution in [0.15, 0.2) is 48.6 Å². The van der Waals surface area contributed by atoms with Crippen molar-refractivity contribution >= 4 is 17.5 Å². The number of amides is 2. The van der Waals surface area contributed by atoms with Gasteiger partial charge in [-0.15, -0.1) is 0 Å². The molecule has 0 bridgehead atoms. The Kier molecular flexibility index (Phi) is 6.57. The lowest BCUT2D eigenvalue weighted by Crippen LogP contribution is -2.25. The molecule has 1 aliphatic rings. The van der Waals surface area contributed by atoms with Gasteiger partial charge < -0.3 is 20.2 Å². The minimum absolute atomic E-state index is 0.0868. The predicted molar refractivity (Wildman–Crippen MR) is 119 cm³/mol. The molecule has 0 aliphatic carbocycles. The maximum Gasteiger partial charge on any atom is 0.254 e. The van der Waals surface area contributed by atoms with Crippen LogP contribution >= 0.6 is 0 Å². The van der Waals surface area contributed by atoms with Crippen LogP contribution in [0.1, 0.15) is 46.8 Å². The molecule has 0 saturated carbocycles. The molecule has 1 aliphatic heterocycles. The van der Waals surface area contributed by atoms with Crippen molar-refractivity contribution in [3.63, 3.8) is 0 Å². The van der Waals surface area contributed by atoms with Gasteiger partial charge in [-0.3, -0.25) is 9.59 Å². The quantitative estimate of drug-likeness (QED) is 0.716. The maximum atomic E-state index is 13.1. The average molecular weight is 408 g/mol. The van der Waals surface area contributed by atoms with E-state index in [0.29, 0.717) is 25.2 Å². The first kappa shape index (κ1) is 21.6. The number of phenolic OH excluding ortho intramolecular Hbond substituents is 1. The van der Waals surface area contributed by atoms with Gasteiger partial charge >= 0.3 is 0 Å². The Morgan fingerprint density at radius 3 is 2.67 bits per heavy atom.